The number of methoxy groups -OCH3 is 3. The Morgan fingerprint density at radius 1 is 1.17 bits per heavy atom. The molecule has 0 aliphatic carbocycles. The minimum Gasteiger partial charge on any atom is -0.493 e. The average molecular weight is 365 g/mol. The van der Waals surface area contributed by atoms with E-state index in [1.54, 1.807) is 38.4 Å². The predicted molar refractivity (Wildman–Crippen MR) is 101 cm³/mol. The maximum atomic E-state index is 12.0. The molecule has 0 atom stereocenters. The third-order valence-corrected chi connectivity index (χ3v) is 4.78. The molecule has 0 unspecified atom stereocenters. The van der Waals surface area contributed by atoms with Gasteiger partial charge in [0.25, 0.3) is 5.91 Å². The second kappa shape index (κ2) is 8.75. The van der Waals surface area contributed by atoms with Crippen LogP contribution in [0.15, 0.2) is 30.4 Å². The first-order valence-corrected chi connectivity index (χ1v) is 8.63. The summed E-state index contributed by atoms with van der Waals surface area (Å²) in [6, 6.07) is 3.67. The first-order chi connectivity index (χ1) is 11.6. The first kappa shape index (κ1) is 18.4. The highest BCUT2D eigenvalue weighted by molar-refractivity contribution is 8.23. The Balaban J connectivity index is 2.10. The maximum absolute atomic E-state index is 12.0. The lowest BCUT2D eigenvalue weighted by molar-refractivity contribution is -0.121. The zero-order valence-electron chi connectivity index (χ0n) is 13.8. The van der Waals surface area contributed by atoms with Gasteiger partial charge in [-0.1, -0.05) is 42.2 Å². The van der Waals surface area contributed by atoms with Crippen molar-refractivity contribution in [3.05, 3.63) is 35.9 Å². The van der Waals surface area contributed by atoms with E-state index in [4.69, 9.17) is 26.4 Å². The molecule has 0 radical (unpaired) electrons. The number of nitrogens with zero attached hydrogens (tertiary/aromatic N) is 1. The summed E-state index contributed by atoms with van der Waals surface area (Å²) in [5, 5.41) is 0. The van der Waals surface area contributed by atoms with Gasteiger partial charge in [-0.05, 0) is 17.7 Å². The van der Waals surface area contributed by atoms with Crippen LogP contribution in [0.5, 0.6) is 17.2 Å². The molecule has 1 aromatic rings. The molecule has 1 aliphatic heterocycles. The number of hydrogen-bond donors (Lipinski definition) is 0. The number of allylic oxidation sites excluding steroid dienone is 2. The van der Waals surface area contributed by atoms with Crippen molar-refractivity contribution >= 4 is 40.3 Å². The molecule has 0 bridgehead atoms. The lowest BCUT2D eigenvalue weighted by Crippen LogP contribution is -2.28. The Morgan fingerprint density at radius 2 is 1.83 bits per heavy atom. The summed E-state index contributed by atoms with van der Waals surface area (Å²) < 4.78 is 16.5. The van der Waals surface area contributed by atoms with Gasteiger partial charge in [0.15, 0.2) is 11.5 Å². The number of amides is 1. The van der Waals surface area contributed by atoms with Crippen molar-refractivity contribution in [3.8, 4) is 17.2 Å². The average Bonchev–Trinajstić information content (AvgIpc) is 3.03. The number of thioether (sulfide) groups is 1. The van der Waals surface area contributed by atoms with Crippen LogP contribution in [0.3, 0.4) is 0 Å². The van der Waals surface area contributed by atoms with Crippen molar-refractivity contribution in [2.45, 2.75) is 0 Å². The maximum Gasteiger partial charge on any atom is 0.252 e. The summed E-state index contributed by atoms with van der Waals surface area (Å²) in [4.78, 5) is 13.6. The molecule has 24 heavy (non-hydrogen) atoms. The summed E-state index contributed by atoms with van der Waals surface area (Å²) in [6.45, 7) is 0.670. The molecular weight excluding hydrogens is 346 g/mol. The Bertz CT molecular complexity index is 660. The molecule has 1 heterocycles. The normalized spacial score (nSPS) is 14.6. The SMILES string of the molecule is COc1cc(/C=C/C=C/C(=O)N2CCSC2=S)cc(OC)c1OC. The van der Waals surface area contributed by atoms with Crippen LogP contribution in [0.2, 0.25) is 0 Å². The van der Waals surface area contributed by atoms with Crippen LogP contribution in [0.1, 0.15) is 5.56 Å². The largest absolute Gasteiger partial charge is 0.493 e. The third kappa shape index (κ3) is 4.30. The monoisotopic (exact) mass is 365 g/mol. The highest BCUT2D eigenvalue weighted by Crippen LogP contribution is 2.38. The van der Waals surface area contributed by atoms with Crippen molar-refractivity contribution in [1.29, 1.82) is 0 Å². The molecule has 1 aliphatic rings. The van der Waals surface area contributed by atoms with Crippen LogP contribution in [-0.4, -0.2) is 48.8 Å². The van der Waals surface area contributed by atoms with E-state index >= 15 is 0 Å². The van der Waals surface area contributed by atoms with Crippen LogP contribution in [0.4, 0.5) is 0 Å². The highest BCUT2D eigenvalue weighted by atomic mass is 32.2. The van der Waals surface area contributed by atoms with Crippen LogP contribution >= 0.6 is 24.0 Å². The third-order valence-electron chi connectivity index (χ3n) is 3.35. The van der Waals surface area contributed by atoms with Gasteiger partial charge in [0, 0.05) is 18.4 Å². The quantitative estimate of drug-likeness (QED) is 0.438. The second-order valence-corrected chi connectivity index (χ2v) is 6.51. The molecule has 0 N–H and O–H groups in total. The zero-order valence-corrected chi connectivity index (χ0v) is 15.4. The fourth-order valence-electron chi connectivity index (χ4n) is 2.19. The molecule has 1 saturated heterocycles. The van der Waals surface area contributed by atoms with Gasteiger partial charge in [-0.25, -0.2) is 0 Å². The summed E-state index contributed by atoms with van der Waals surface area (Å²) in [7, 11) is 4.70. The molecule has 0 saturated carbocycles. The van der Waals surface area contributed by atoms with E-state index in [1.807, 2.05) is 18.2 Å². The molecule has 0 spiro atoms. The van der Waals surface area contributed by atoms with Crippen LogP contribution < -0.4 is 14.2 Å². The van der Waals surface area contributed by atoms with Gasteiger partial charge in [-0.2, -0.15) is 0 Å². The minimum atomic E-state index is -0.0976. The van der Waals surface area contributed by atoms with E-state index in [-0.39, 0.29) is 5.91 Å². The number of carbonyl (C=O) groups is 1. The smallest absolute Gasteiger partial charge is 0.252 e. The van der Waals surface area contributed by atoms with Gasteiger partial charge in [-0.3, -0.25) is 9.69 Å². The Kier molecular flexibility index (Phi) is 6.69. The fraction of sp³-hybridized carbons (Fsp3) is 0.294. The van der Waals surface area contributed by atoms with E-state index in [1.165, 1.54) is 17.8 Å². The molecule has 1 fully saturated rings. The second-order valence-electron chi connectivity index (χ2n) is 4.78. The Morgan fingerprint density at radius 3 is 2.33 bits per heavy atom. The highest BCUT2D eigenvalue weighted by Gasteiger charge is 2.21. The van der Waals surface area contributed by atoms with Crippen molar-refractivity contribution < 1.29 is 19.0 Å². The molecule has 0 aromatic heterocycles. The van der Waals surface area contributed by atoms with Gasteiger partial charge >= 0.3 is 0 Å². The lowest BCUT2D eigenvalue weighted by atomic mass is 10.1. The number of carbonyl (C=O) groups excluding carboxylic acids is 1. The number of hydrogen-bond acceptors (Lipinski definition) is 6. The number of rotatable bonds is 6. The van der Waals surface area contributed by atoms with Crippen molar-refractivity contribution in [2.75, 3.05) is 33.6 Å². The van der Waals surface area contributed by atoms with Gasteiger partial charge in [0.05, 0.1) is 21.3 Å². The minimum absolute atomic E-state index is 0.0976. The number of ether oxygens (including phenoxy) is 3. The van der Waals surface area contributed by atoms with Crippen molar-refractivity contribution in [1.82, 2.24) is 4.90 Å². The molecule has 5 nitrogen and oxygen atoms in total. The van der Waals surface area contributed by atoms with Crippen molar-refractivity contribution in [2.24, 2.45) is 0 Å². The van der Waals surface area contributed by atoms with E-state index in [9.17, 15) is 4.79 Å². The first-order valence-electron chi connectivity index (χ1n) is 7.23. The van der Waals surface area contributed by atoms with Gasteiger partial charge in [0.1, 0.15) is 4.32 Å². The molecular formula is C17H19NO4S2. The summed E-state index contributed by atoms with van der Waals surface area (Å²) in [5.74, 6) is 2.47. The Hall–Kier alpha value is -1.99. The van der Waals surface area contributed by atoms with E-state index in [0.29, 0.717) is 28.1 Å². The molecule has 1 amide bonds. The topological polar surface area (TPSA) is 48.0 Å². The van der Waals surface area contributed by atoms with Crippen molar-refractivity contribution in [3.63, 3.8) is 0 Å². The van der Waals surface area contributed by atoms with Gasteiger partial charge < -0.3 is 14.2 Å². The molecule has 128 valence electrons. The van der Waals surface area contributed by atoms with E-state index < -0.39 is 0 Å². The summed E-state index contributed by atoms with van der Waals surface area (Å²) >= 11 is 6.65. The van der Waals surface area contributed by atoms with Crippen LogP contribution in [0, 0.1) is 0 Å². The lowest BCUT2D eigenvalue weighted by Gasteiger charge is -2.12. The number of thiocarbonyl (C=S) groups is 1. The molecule has 1 aromatic carbocycles. The van der Waals surface area contributed by atoms with Crippen LogP contribution in [-0.2, 0) is 4.79 Å². The standard InChI is InChI=1S/C17H19NO4S2/c1-20-13-10-12(11-14(21-2)16(13)22-3)6-4-5-7-15(19)18-8-9-24-17(18)23/h4-7,10-11H,8-9H2,1-3H3/b6-4+,7-5+. The van der Waals surface area contributed by atoms with Crippen LogP contribution in [0.25, 0.3) is 6.08 Å². The molecule has 7 heteroatoms. The van der Waals surface area contributed by atoms with E-state index in [0.717, 1.165) is 11.3 Å². The Labute approximate surface area is 151 Å². The number of benzene rings is 1. The zero-order chi connectivity index (χ0) is 17.5. The van der Waals surface area contributed by atoms with Gasteiger partial charge in [0.2, 0.25) is 5.75 Å². The predicted octanol–water partition coefficient (Wildman–Crippen LogP) is 3.14. The molecule has 2 rings (SSSR count). The van der Waals surface area contributed by atoms with Gasteiger partial charge in [-0.15, -0.1) is 0 Å². The summed E-state index contributed by atoms with van der Waals surface area (Å²) in [6.07, 6.45) is 6.83. The van der Waals surface area contributed by atoms with E-state index in [2.05, 4.69) is 0 Å². The summed E-state index contributed by atoms with van der Waals surface area (Å²) in [5.41, 5.74) is 0.869. The fourth-order valence-corrected chi connectivity index (χ4v) is 3.40.